The van der Waals surface area contributed by atoms with Gasteiger partial charge in [-0.3, -0.25) is 0 Å². The van der Waals surface area contributed by atoms with Crippen LogP contribution in [0.25, 0.3) is 11.1 Å². The number of carboxylic acids is 1. The van der Waals surface area contributed by atoms with Crippen LogP contribution in [-0.2, 0) is 4.74 Å². The van der Waals surface area contributed by atoms with E-state index in [2.05, 4.69) is 9.72 Å². The molecule has 0 aliphatic carbocycles. The van der Waals surface area contributed by atoms with Gasteiger partial charge in [-0.15, -0.1) is 0 Å². The first-order chi connectivity index (χ1) is 9.93. The standard InChI is InChI=1S/C14H11FN2O4/c1-21-14(20)9-6-7(2-4-10(9)15)8-3-5-11(16)17-12(8)13(18)19/h2-6H,1H3,(H2,16,17)(H,18,19). The molecule has 1 aromatic carbocycles. The molecule has 0 bridgehead atoms. The summed E-state index contributed by atoms with van der Waals surface area (Å²) in [5, 5.41) is 9.15. The van der Waals surface area contributed by atoms with Crippen molar-refractivity contribution in [2.45, 2.75) is 0 Å². The van der Waals surface area contributed by atoms with E-state index in [-0.39, 0.29) is 22.6 Å². The first kappa shape index (κ1) is 14.4. The molecule has 1 heterocycles. The van der Waals surface area contributed by atoms with Gasteiger partial charge in [0.25, 0.3) is 0 Å². The van der Waals surface area contributed by atoms with Gasteiger partial charge in [-0.05, 0) is 29.8 Å². The number of carboxylic acid groups (broad SMARTS) is 1. The maximum absolute atomic E-state index is 13.6. The molecule has 0 saturated heterocycles. The average Bonchev–Trinajstić information content (AvgIpc) is 2.47. The summed E-state index contributed by atoms with van der Waals surface area (Å²) in [5.74, 6) is -2.84. The quantitative estimate of drug-likeness (QED) is 0.838. The molecule has 0 saturated carbocycles. The van der Waals surface area contributed by atoms with Crippen LogP contribution in [0.3, 0.4) is 0 Å². The van der Waals surface area contributed by atoms with Gasteiger partial charge in [0.2, 0.25) is 0 Å². The Hall–Kier alpha value is -2.96. The SMILES string of the molecule is COC(=O)c1cc(-c2ccc(N)nc2C(=O)O)ccc1F. The third-order valence-corrected chi connectivity index (χ3v) is 2.80. The minimum atomic E-state index is -1.28. The first-order valence-electron chi connectivity index (χ1n) is 5.82. The van der Waals surface area contributed by atoms with Gasteiger partial charge in [0, 0.05) is 5.56 Å². The van der Waals surface area contributed by atoms with Crippen LogP contribution in [0.1, 0.15) is 20.8 Å². The van der Waals surface area contributed by atoms with Crippen LogP contribution >= 0.6 is 0 Å². The van der Waals surface area contributed by atoms with E-state index in [4.69, 9.17) is 10.8 Å². The summed E-state index contributed by atoms with van der Waals surface area (Å²) in [4.78, 5) is 26.4. The lowest BCUT2D eigenvalue weighted by Crippen LogP contribution is -2.07. The summed E-state index contributed by atoms with van der Waals surface area (Å²) in [6.07, 6.45) is 0. The van der Waals surface area contributed by atoms with Crippen LogP contribution in [0.15, 0.2) is 30.3 Å². The maximum atomic E-state index is 13.6. The molecule has 0 unspecified atom stereocenters. The molecule has 108 valence electrons. The van der Waals surface area contributed by atoms with E-state index in [0.717, 1.165) is 13.2 Å². The normalized spacial score (nSPS) is 10.2. The molecule has 0 aliphatic rings. The second-order valence-corrected chi connectivity index (χ2v) is 4.12. The van der Waals surface area contributed by atoms with Crippen LogP contribution in [-0.4, -0.2) is 29.1 Å². The van der Waals surface area contributed by atoms with E-state index >= 15 is 0 Å². The number of nitrogens with zero attached hydrogens (tertiary/aromatic N) is 1. The van der Waals surface area contributed by atoms with Crippen LogP contribution < -0.4 is 5.73 Å². The molecule has 6 nitrogen and oxygen atoms in total. The fraction of sp³-hybridized carbons (Fsp3) is 0.0714. The number of hydrogen-bond donors (Lipinski definition) is 2. The smallest absolute Gasteiger partial charge is 0.355 e. The Labute approximate surface area is 119 Å². The lowest BCUT2D eigenvalue weighted by atomic mass is 10.0. The monoisotopic (exact) mass is 290 g/mol. The van der Waals surface area contributed by atoms with E-state index in [9.17, 15) is 14.0 Å². The van der Waals surface area contributed by atoms with Gasteiger partial charge in [0.15, 0.2) is 5.69 Å². The van der Waals surface area contributed by atoms with Crippen molar-refractivity contribution < 1.29 is 23.8 Å². The van der Waals surface area contributed by atoms with Crippen LogP contribution in [0.2, 0.25) is 0 Å². The number of benzene rings is 1. The molecule has 0 fully saturated rings. The highest BCUT2D eigenvalue weighted by atomic mass is 19.1. The van der Waals surface area contributed by atoms with Crippen LogP contribution in [0, 0.1) is 5.82 Å². The van der Waals surface area contributed by atoms with Gasteiger partial charge in [0.05, 0.1) is 12.7 Å². The predicted octanol–water partition coefficient (Wildman–Crippen LogP) is 1.95. The second-order valence-electron chi connectivity index (χ2n) is 4.12. The van der Waals surface area contributed by atoms with Crippen LogP contribution in [0.4, 0.5) is 10.2 Å². The van der Waals surface area contributed by atoms with E-state index in [1.165, 1.54) is 24.3 Å². The second kappa shape index (κ2) is 5.58. The maximum Gasteiger partial charge on any atom is 0.355 e. The van der Waals surface area contributed by atoms with Crippen molar-refractivity contribution in [3.05, 3.63) is 47.4 Å². The molecule has 0 spiro atoms. The number of ether oxygens (including phenoxy) is 1. The Morgan fingerprint density at radius 2 is 2.00 bits per heavy atom. The minimum Gasteiger partial charge on any atom is -0.476 e. The Morgan fingerprint density at radius 3 is 2.62 bits per heavy atom. The Morgan fingerprint density at radius 1 is 1.29 bits per heavy atom. The number of pyridine rings is 1. The number of nitrogens with two attached hydrogens (primary N) is 1. The summed E-state index contributed by atoms with van der Waals surface area (Å²) in [7, 11) is 1.13. The Bertz CT molecular complexity index is 731. The molecule has 21 heavy (non-hydrogen) atoms. The number of aromatic carboxylic acids is 1. The molecule has 0 radical (unpaired) electrons. The third-order valence-electron chi connectivity index (χ3n) is 2.80. The number of halogens is 1. The molecule has 0 aliphatic heterocycles. The topological polar surface area (TPSA) is 103 Å². The highest BCUT2D eigenvalue weighted by Gasteiger charge is 2.18. The zero-order valence-electron chi connectivity index (χ0n) is 11.0. The van der Waals surface area contributed by atoms with Crippen LogP contribution in [0.5, 0.6) is 0 Å². The van der Waals surface area contributed by atoms with E-state index in [1.807, 2.05) is 0 Å². The third kappa shape index (κ3) is 2.81. The number of carbonyl (C=O) groups excluding carboxylic acids is 1. The molecule has 7 heteroatoms. The van der Waals surface area contributed by atoms with Crippen molar-refractivity contribution in [3.63, 3.8) is 0 Å². The van der Waals surface area contributed by atoms with Gasteiger partial charge in [-0.1, -0.05) is 6.07 Å². The summed E-state index contributed by atoms with van der Waals surface area (Å²) in [5.41, 5.74) is 5.43. The lowest BCUT2D eigenvalue weighted by Gasteiger charge is -2.08. The number of rotatable bonds is 3. The Balaban J connectivity index is 2.63. The van der Waals surface area contributed by atoms with E-state index in [1.54, 1.807) is 0 Å². The fourth-order valence-corrected chi connectivity index (χ4v) is 1.83. The zero-order valence-corrected chi connectivity index (χ0v) is 11.0. The van der Waals surface area contributed by atoms with Crippen molar-refractivity contribution in [1.29, 1.82) is 0 Å². The molecule has 1 aromatic heterocycles. The molecule has 2 aromatic rings. The molecule has 0 amide bonds. The first-order valence-corrected chi connectivity index (χ1v) is 5.82. The number of aromatic nitrogens is 1. The molecule has 2 rings (SSSR count). The zero-order chi connectivity index (χ0) is 15.6. The summed E-state index contributed by atoms with van der Waals surface area (Å²) in [6.45, 7) is 0. The van der Waals surface area contributed by atoms with Crippen molar-refractivity contribution in [1.82, 2.24) is 4.98 Å². The summed E-state index contributed by atoms with van der Waals surface area (Å²) < 4.78 is 18.1. The van der Waals surface area contributed by atoms with E-state index in [0.29, 0.717) is 5.56 Å². The lowest BCUT2D eigenvalue weighted by molar-refractivity contribution is 0.0594. The van der Waals surface area contributed by atoms with Crippen molar-refractivity contribution in [3.8, 4) is 11.1 Å². The molecular formula is C14H11FN2O4. The molecule has 3 N–H and O–H groups in total. The largest absolute Gasteiger partial charge is 0.476 e. The number of carbonyl (C=O) groups is 2. The van der Waals surface area contributed by atoms with Gasteiger partial charge >= 0.3 is 11.9 Å². The highest BCUT2D eigenvalue weighted by Crippen LogP contribution is 2.26. The molecule has 0 atom stereocenters. The number of esters is 1. The van der Waals surface area contributed by atoms with Gasteiger partial charge < -0.3 is 15.6 Å². The van der Waals surface area contributed by atoms with Crippen molar-refractivity contribution >= 4 is 17.8 Å². The average molecular weight is 290 g/mol. The predicted molar refractivity (Wildman–Crippen MR) is 72.3 cm³/mol. The summed E-state index contributed by atoms with van der Waals surface area (Å²) in [6, 6.07) is 6.48. The number of anilines is 1. The number of nitrogen functional groups attached to an aromatic ring is 1. The van der Waals surface area contributed by atoms with Crippen molar-refractivity contribution in [2.24, 2.45) is 0 Å². The van der Waals surface area contributed by atoms with Gasteiger partial charge in [-0.2, -0.15) is 0 Å². The minimum absolute atomic E-state index is 0.0476. The van der Waals surface area contributed by atoms with Gasteiger partial charge in [-0.25, -0.2) is 19.0 Å². The number of methoxy groups -OCH3 is 1. The fourth-order valence-electron chi connectivity index (χ4n) is 1.83. The van der Waals surface area contributed by atoms with E-state index < -0.39 is 17.8 Å². The Kier molecular flexibility index (Phi) is 3.84. The number of hydrogen-bond acceptors (Lipinski definition) is 5. The van der Waals surface area contributed by atoms with Gasteiger partial charge in [0.1, 0.15) is 11.6 Å². The molecular weight excluding hydrogens is 279 g/mol. The highest BCUT2D eigenvalue weighted by molar-refractivity contribution is 5.96. The van der Waals surface area contributed by atoms with Crippen molar-refractivity contribution in [2.75, 3.05) is 12.8 Å². The summed E-state index contributed by atoms with van der Waals surface area (Å²) >= 11 is 0.